The average molecular weight is 350 g/mol. The Labute approximate surface area is 138 Å². The van der Waals surface area contributed by atoms with Gasteiger partial charge in [-0.2, -0.15) is 8.42 Å². The molecular formula is C16H14O7S. The molecule has 0 atom stereocenters. The minimum Gasteiger partial charge on any atom is -0.426 e. The molecule has 0 amide bonds. The molecule has 0 aromatic heterocycles. The molecule has 24 heavy (non-hydrogen) atoms. The first-order chi connectivity index (χ1) is 11.3. The van der Waals surface area contributed by atoms with Gasteiger partial charge in [0.2, 0.25) is 0 Å². The predicted octanol–water partition coefficient (Wildman–Crippen LogP) is 2.30. The monoisotopic (exact) mass is 350 g/mol. The van der Waals surface area contributed by atoms with Crippen LogP contribution in [0.5, 0.6) is 17.2 Å². The van der Waals surface area contributed by atoms with Crippen molar-refractivity contribution in [2.45, 2.75) is 18.7 Å². The van der Waals surface area contributed by atoms with Crippen LogP contribution in [-0.2, 0) is 19.7 Å². The topological polar surface area (TPSA) is 96.0 Å². The molecule has 0 N–H and O–H groups in total. The Hall–Kier alpha value is -2.87. The molecule has 0 fully saturated rings. The third kappa shape index (κ3) is 4.82. The first kappa shape index (κ1) is 17.5. The van der Waals surface area contributed by atoms with E-state index in [1.807, 2.05) is 0 Å². The lowest BCUT2D eigenvalue weighted by Gasteiger charge is -2.10. The number of ether oxygens (including phenoxy) is 2. The van der Waals surface area contributed by atoms with Gasteiger partial charge in [-0.25, -0.2) is 0 Å². The summed E-state index contributed by atoms with van der Waals surface area (Å²) in [6.07, 6.45) is 0. The average Bonchev–Trinajstić information content (AvgIpc) is 2.46. The highest BCUT2D eigenvalue weighted by Gasteiger charge is 2.18. The summed E-state index contributed by atoms with van der Waals surface area (Å²) in [5.74, 6) is -1.42. The third-order valence-electron chi connectivity index (χ3n) is 2.61. The van der Waals surface area contributed by atoms with Crippen molar-refractivity contribution in [2.75, 3.05) is 0 Å². The van der Waals surface area contributed by atoms with Gasteiger partial charge in [-0.05, 0) is 12.1 Å². The number of hydrogen-bond donors (Lipinski definition) is 0. The Kier molecular flexibility index (Phi) is 5.20. The first-order valence-electron chi connectivity index (χ1n) is 6.78. The molecule has 7 nitrogen and oxygen atoms in total. The summed E-state index contributed by atoms with van der Waals surface area (Å²) in [5.41, 5.74) is 0. The van der Waals surface area contributed by atoms with Crippen LogP contribution in [-0.4, -0.2) is 20.4 Å². The molecular weight excluding hydrogens is 336 g/mol. The van der Waals surface area contributed by atoms with Gasteiger partial charge < -0.3 is 13.7 Å². The van der Waals surface area contributed by atoms with Crippen LogP contribution in [0, 0.1) is 0 Å². The highest BCUT2D eigenvalue weighted by molar-refractivity contribution is 7.87. The minimum absolute atomic E-state index is 0.0143. The van der Waals surface area contributed by atoms with Crippen molar-refractivity contribution in [3.63, 3.8) is 0 Å². The molecule has 0 bridgehead atoms. The van der Waals surface area contributed by atoms with Crippen molar-refractivity contribution in [1.29, 1.82) is 0 Å². The van der Waals surface area contributed by atoms with Crippen LogP contribution < -0.4 is 13.7 Å². The molecule has 0 aliphatic carbocycles. The first-order valence-corrected chi connectivity index (χ1v) is 8.18. The molecule has 2 aromatic rings. The number of carbonyl (C=O) groups is 2. The zero-order valence-corrected chi connectivity index (χ0v) is 13.7. The highest BCUT2D eigenvalue weighted by atomic mass is 32.2. The van der Waals surface area contributed by atoms with Gasteiger partial charge in [0, 0.05) is 32.0 Å². The summed E-state index contributed by atoms with van der Waals surface area (Å²) in [7, 11) is -4.08. The molecule has 2 rings (SSSR count). The maximum Gasteiger partial charge on any atom is 0.339 e. The van der Waals surface area contributed by atoms with Gasteiger partial charge in [0.1, 0.15) is 22.1 Å². The molecule has 0 heterocycles. The SMILES string of the molecule is CC(=O)Oc1cc(OC(C)=O)cc(OS(=O)(=O)c2ccccc2)c1. The van der Waals surface area contributed by atoms with E-state index in [0.29, 0.717) is 0 Å². The van der Waals surface area contributed by atoms with Crippen molar-refractivity contribution >= 4 is 22.1 Å². The zero-order chi connectivity index (χ0) is 17.7. The largest absolute Gasteiger partial charge is 0.426 e. The van der Waals surface area contributed by atoms with Crippen LogP contribution in [0.1, 0.15) is 13.8 Å². The van der Waals surface area contributed by atoms with Gasteiger partial charge in [0.15, 0.2) is 0 Å². The van der Waals surface area contributed by atoms with Crippen LogP contribution >= 0.6 is 0 Å². The summed E-state index contributed by atoms with van der Waals surface area (Å²) < 4.78 is 39.3. The number of carbonyl (C=O) groups excluding carboxylic acids is 2. The summed E-state index contributed by atoms with van der Waals surface area (Å²) in [6.45, 7) is 2.36. The third-order valence-corrected chi connectivity index (χ3v) is 3.88. The van der Waals surface area contributed by atoms with E-state index >= 15 is 0 Å². The van der Waals surface area contributed by atoms with E-state index in [2.05, 4.69) is 0 Å². The van der Waals surface area contributed by atoms with E-state index in [9.17, 15) is 18.0 Å². The van der Waals surface area contributed by atoms with Crippen molar-refractivity contribution in [3.8, 4) is 17.2 Å². The molecule has 2 aromatic carbocycles. The standard InChI is InChI=1S/C16H14O7S/c1-11(17)21-13-8-14(22-12(2)18)10-15(9-13)23-24(19,20)16-6-4-3-5-7-16/h3-10H,1-2H3. The molecule has 0 spiro atoms. The van der Waals surface area contributed by atoms with E-state index < -0.39 is 22.1 Å². The Morgan fingerprint density at radius 2 is 1.25 bits per heavy atom. The quantitative estimate of drug-likeness (QED) is 0.464. The predicted molar refractivity (Wildman–Crippen MR) is 83.3 cm³/mol. The molecule has 126 valence electrons. The smallest absolute Gasteiger partial charge is 0.339 e. The van der Waals surface area contributed by atoms with Crippen molar-refractivity contribution in [1.82, 2.24) is 0 Å². The van der Waals surface area contributed by atoms with Crippen LogP contribution in [0.4, 0.5) is 0 Å². The van der Waals surface area contributed by atoms with Crippen LogP contribution in [0.25, 0.3) is 0 Å². The Morgan fingerprint density at radius 3 is 1.71 bits per heavy atom. The Morgan fingerprint density at radius 1 is 0.792 bits per heavy atom. The lowest BCUT2D eigenvalue weighted by molar-refractivity contribution is -0.132. The maximum atomic E-state index is 12.2. The lowest BCUT2D eigenvalue weighted by atomic mass is 10.3. The van der Waals surface area contributed by atoms with E-state index in [1.165, 1.54) is 44.2 Å². The van der Waals surface area contributed by atoms with Crippen molar-refractivity contribution in [3.05, 3.63) is 48.5 Å². The minimum atomic E-state index is -4.08. The van der Waals surface area contributed by atoms with E-state index in [1.54, 1.807) is 18.2 Å². The fraction of sp³-hybridized carbons (Fsp3) is 0.125. The van der Waals surface area contributed by atoms with E-state index in [0.717, 1.165) is 0 Å². The maximum absolute atomic E-state index is 12.2. The van der Waals surface area contributed by atoms with Gasteiger partial charge >= 0.3 is 22.1 Å². The molecule has 0 aliphatic rings. The second-order valence-corrected chi connectivity index (χ2v) is 6.22. The van der Waals surface area contributed by atoms with Gasteiger partial charge in [-0.1, -0.05) is 18.2 Å². The Balaban J connectivity index is 2.37. The van der Waals surface area contributed by atoms with Crippen LogP contribution in [0.2, 0.25) is 0 Å². The normalized spacial score (nSPS) is 10.8. The number of rotatable bonds is 5. The van der Waals surface area contributed by atoms with Gasteiger partial charge in [0.05, 0.1) is 0 Å². The lowest BCUT2D eigenvalue weighted by Crippen LogP contribution is -2.10. The Bertz CT molecular complexity index is 823. The molecule has 0 radical (unpaired) electrons. The zero-order valence-electron chi connectivity index (χ0n) is 12.9. The molecule has 0 saturated heterocycles. The van der Waals surface area contributed by atoms with Crippen LogP contribution in [0.15, 0.2) is 53.4 Å². The molecule has 0 unspecified atom stereocenters. The fourth-order valence-corrected chi connectivity index (χ4v) is 2.74. The molecule has 8 heteroatoms. The van der Waals surface area contributed by atoms with Crippen molar-refractivity contribution in [2.24, 2.45) is 0 Å². The summed E-state index contributed by atoms with van der Waals surface area (Å²) in [4.78, 5) is 22.1. The fourth-order valence-electron chi connectivity index (χ4n) is 1.81. The highest BCUT2D eigenvalue weighted by Crippen LogP contribution is 2.30. The summed E-state index contributed by atoms with van der Waals surface area (Å²) in [6, 6.07) is 11.2. The molecule has 0 aliphatic heterocycles. The molecule has 0 saturated carbocycles. The summed E-state index contributed by atoms with van der Waals surface area (Å²) in [5, 5.41) is 0. The number of hydrogen-bond acceptors (Lipinski definition) is 7. The van der Waals surface area contributed by atoms with Gasteiger partial charge in [0.25, 0.3) is 0 Å². The van der Waals surface area contributed by atoms with Crippen LogP contribution in [0.3, 0.4) is 0 Å². The summed E-state index contributed by atoms with van der Waals surface area (Å²) >= 11 is 0. The van der Waals surface area contributed by atoms with E-state index in [-0.39, 0.29) is 22.1 Å². The second-order valence-electron chi connectivity index (χ2n) is 4.68. The second kappa shape index (κ2) is 7.14. The van der Waals surface area contributed by atoms with Gasteiger partial charge in [-0.3, -0.25) is 9.59 Å². The number of esters is 2. The van der Waals surface area contributed by atoms with Gasteiger partial charge in [-0.15, -0.1) is 0 Å². The van der Waals surface area contributed by atoms with Crippen molar-refractivity contribution < 1.29 is 31.7 Å². The van der Waals surface area contributed by atoms with E-state index in [4.69, 9.17) is 13.7 Å². The number of benzene rings is 2.